The summed E-state index contributed by atoms with van der Waals surface area (Å²) in [6.45, 7) is 0.562. The molecule has 1 fully saturated rings. The Bertz CT molecular complexity index is 1440. The van der Waals surface area contributed by atoms with Gasteiger partial charge in [0.25, 0.3) is 5.91 Å². The van der Waals surface area contributed by atoms with Crippen molar-refractivity contribution in [2.45, 2.75) is 19.0 Å². The van der Waals surface area contributed by atoms with Gasteiger partial charge in [0.15, 0.2) is 0 Å². The van der Waals surface area contributed by atoms with E-state index in [1.807, 2.05) is 0 Å². The predicted molar refractivity (Wildman–Crippen MR) is 137 cm³/mol. The Balaban J connectivity index is 1.71. The van der Waals surface area contributed by atoms with E-state index < -0.39 is 40.3 Å². The monoisotopic (exact) mass is 540 g/mol. The van der Waals surface area contributed by atoms with Gasteiger partial charge in [-0.05, 0) is 30.8 Å². The second-order valence-corrected chi connectivity index (χ2v) is 8.76. The van der Waals surface area contributed by atoms with Crippen LogP contribution in [0, 0.1) is 17.1 Å². The van der Waals surface area contributed by atoms with Crippen LogP contribution in [0.25, 0.3) is 11.3 Å². The normalized spacial score (nSPS) is 15.3. The topological polar surface area (TPSA) is 120 Å². The van der Waals surface area contributed by atoms with Gasteiger partial charge in [0.2, 0.25) is 5.91 Å². The molecule has 4 rings (SSSR count). The molecule has 1 atom stereocenters. The molecule has 1 unspecified atom stereocenters. The third kappa shape index (κ3) is 6.28. The summed E-state index contributed by atoms with van der Waals surface area (Å²) in [5.74, 6) is -2.47. The van der Waals surface area contributed by atoms with Crippen LogP contribution in [0.3, 0.4) is 0 Å². The summed E-state index contributed by atoms with van der Waals surface area (Å²) in [7, 11) is 1.50. The highest BCUT2D eigenvalue weighted by molar-refractivity contribution is 6.11. The van der Waals surface area contributed by atoms with Gasteiger partial charge in [0.1, 0.15) is 11.6 Å². The average molecular weight is 541 g/mol. The minimum atomic E-state index is -4.95. The molecule has 1 aliphatic heterocycles. The van der Waals surface area contributed by atoms with Gasteiger partial charge >= 0.3 is 6.18 Å². The Morgan fingerprint density at radius 2 is 1.95 bits per heavy atom. The molecule has 4 N–H and O–H groups in total. The summed E-state index contributed by atoms with van der Waals surface area (Å²) < 4.78 is 55.6. The van der Waals surface area contributed by atoms with Crippen molar-refractivity contribution in [1.82, 2.24) is 20.6 Å². The number of halogens is 4. The molecular formula is C27H24F4N6O2. The summed E-state index contributed by atoms with van der Waals surface area (Å²) >= 11 is 0. The van der Waals surface area contributed by atoms with E-state index in [1.165, 1.54) is 19.4 Å². The van der Waals surface area contributed by atoms with E-state index in [1.54, 1.807) is 30.3 Å². The van der Waals surface area contributed by atoms with E-state index in [0.717, 1.165) is 6.08 Å². The second-order valence-electron chi connectivity index (χ2n) is 8.76. The highest BCUT2D eigenvalue weighted by Crippen LogP contribution is 2.34. The van der Waals surface area contributed by atoms with Crippen molar-refractivity contribution >= 4 is 23.2 Å². The first-order valence-electron chi connectivity index (χ1n) is 11.9. The van der Waals surface area contributed by atoms with E-state index in [2.05, 4.69) is 25.9 Å². The average Bonchev–Trinajstić information content (AvgIpc) is 3.31. The lowest BCUT2D eigenvalue weighted by molar-refractivity contribution is -0.137. The molecule has 0 bridgehead atoms. The van der Waals surface area contributed by atoms with Gasteiger partial charge in [-0.25, -0.2) is 14.4 Å². The zero-order valence-corrected chi connectivity index (χ0v) is 20.7. The lowest BCUT2D eigenvalue weighted by atomic mass is 9.98. The number of carbonyl (C=O) groups is 2. The largest absolute Gasteiger partial charge is 0.417 e. The van der Waals surface area contributed by atoms with Gasteiger partial charge in [-0.1, -0.05) is 30.3 Å². The summed E-state index contributed by atoms with van der Waals surface area (Å²) in [6, 6.07) is 9.65. The minimum Gasteiger partial charge on any atom is -0.394 e. The highest BCUT2D eigenvalue weighted by atomic mass is 19.4. The molecular weight excluding hydrogens is 516 g/mol. The molecule has 2 aromatic carbocycles. The van der Waals surface area contributed by atoms with E-state index in [4.69, 9.17) is 5.41 Å². The highest BCUT2D eigenvalue weighted by Gasteiger charge is 2.36. The SMILES string of the molecule is CN/C=C\C(=N)c1cc(C(=O)Nc2cnc(CC3CCNC3=O)nc2-c2ccccc2)c(F)cc1C(F)(F)F. The number of hydrogen-bond acceptors (Lipinski definition) is 6. The Labute approximate surface area is 221 Å². The van der Waals surface area contributed by atoms with Gasteiger partial charge < -0.3 is 21.4 Å². The Kier molecular flexibility index (Phi) is 8.03. The van der Waals surface area contributed by atoms with Crippen molar-refractivity contribution in [2.75, 3.05) is 18.9 Å². The van der Waals surface area contributed by atoms with E-state index in [9.17, 15) is 27.2 Å². The van der Waals surface area contributed by atoms with Crippen LogP contribution >= 0.6 is 0 Å². The number of alkyl halides is 3. The number of nitrogens with zero attached hydrogens (tertiary/aromatic N) is 2. The molecule has 0 aliphatic carbocycles. The molecule has 12 heteroatoms. The van der Waals surface area contributed by atoms with Crippen molar-refractivity contribution in [3.63, 3.8) is 0 Å². The Morgan fingerprint density at radius 3 is 2.59 bits per heavy atom. The number of aromatic nitrogens is 2. The van der Waals surface area contributed by atoms with Crippen LogP contribution in [0.4, 0.5) is 23.2 Å². The maximum Gasteiger partial charge on any atom is 0.417 e. The fourth-order valence-corrected chi connectivity index (χ4v) is 4.14. The number of anilines is 1. The van der Waals surface area contributed by atoms with Crippen LogP contribution in [0.1, 0.15) is 33.7 Å². The maximum atomic E-state index is 14.8. The molecule has 1 saturated heterocycles. The fourth-order valence-electron chi connectivity index (χ4n) is 4.14. The smallest absolute Gasteiger partial charge is 0.394 e. The molecule has 0 saturated carbocycles. The lowest BCUT2D eigenvalue weighted by Gasteiger charge is -2.16. The van der Waals surface area contributed by atoms with Crippen LogP contribution < -0.4 is 16.0 Å². The fraction of sp³-hybridized carbons (Fsp3) is 0.222. The first-order chi connectivity index (χ1) is 18.6. The predicted octanol–water partition coefficient (Wildman–Crippen LogP) is 4.33. The summed E-state index contributed by atoms with van der Waals surface area (Å²) in [5, 5.41) is 15.8. The molecule has 2 amide bonds. The molecule has 0 spiro atoms. The first-order valence-corrected chi connectivity index (χ1v) is 11.9. The number of rotatable bonds is 8. The number of carbonyl (C=O) groups excluding carboxylic acids is 2. The van der Waals surface area contributed by atoms with Crippen LogP contribution in [0.15, 0.2) is 60.9 Å². The molecule has 1 aromatic heterocycles. The number of benzene rings is 2. The van der Waals surface area contributed by atoms with Crippen molar-refractivity contribution in [3.05, 3.63) is 89.3 Å². The molecule has 0 radical (unpaired) electrons. The maximum absolute atomic E-state index is 14.8. The van der Waals surface area contributed by atoms with Gasteiger partial charge in [-0.3, -0.25) is 9.59 Å². The van der Waals surface area contributed by atoms with Gasteiger partial charge in [0.05, 0.1) is 34.4 Å². The van der Waals surface area contributed by atoms with Crippen LogP contribution in [-0.2, 0) is 17.4 Å². The number of nitrogens with one attached hydrogen (secondary N) is 4. The zero-order valence-electron chi connectivity index (χ0n) is 20.7. The van der Waals surface area contributed by atoms with Crippen molar-refractivity contribution in [1.29, 1.82) is 5.41 Å². The third-order valence-corrected chi connectivity index (χ3v) is 6.09. The van der Waals surface area contributed by atoms with E-state index in [-0.39, 0.29) is 30.0 Å². The molecule has 39 heavy (non-hydrogen) atoms. The van der Waals surface area contributed by atoms with E-state index in [0.29, 0.717) is 36.1 Å². The lowest BCUT2D eigenvalue weighted by Crippen LogP contribution is -2.21. The molecule has 8 nitrogen and oxygen atoms in total. The first kappa shape index (κ1) is 27.4. The third-order valence-electron chi connectivity index (χ3n) is 6.09. The Hall–Kier alpha value is -4.61. The van der Waals surface area contributed by atoms with E-state index >= 15 is 0 Å². The van der Waals surface area contributed by atoms with Crippen molar-refractivity contribution < 1.29 is 27.2 Å². The molecule has 2 heterocycles. The van der Waals surface area contributed by atoms with Crippen molar-refractivity contribution in [3.8, 4) is 11.3 Å². The summed E-state index contributed by atoms with van der Waals surface area (Å²) in [4.78, 5) is 33.9. The number of amides is 2. The Morgan fingerprint density at radius 1 is 1.21 bits per heavy atom. The molecule has 3 aromatic rings. The van der Waals surface area contributed by atoms with Crippen LogP contribution in [0.5, 0.6) is 0 Å². The summed E-state index contributed by atoms with van der Waals surface area (Å²) in [6.07, 6.45) is -0.420. The van der Waals surface area contributed by atoms with Gasteiger partial charge in [0, 0.05) is 37.1 Å². The van der Waals surface area contributed by atoms with Gasteiger partial charge in [-0.15, -0.1) is 0 Å². The second kappa shape index (κ2) is 11.4. The standard InChI is InChI=1S/C27H24F4N6O2/c1-33-9-8-21(32)17-12-18(20(28)13-19(17)27(29,30)31)26(39)36-22-14-35-23(11-16-7-10-34-25(16)38)37-24(22)15-5-3-2-4-6-15/h2-6,8-9,12-14,16,32-33H,7,10-11H2,1H3,(H,34,38)(H,36,39)/b9-8-,32-21?. The van der Waals surface area contributed by atoms with Crippen molar-refractivity contribution in [2.24, 2.45) is 5.92 Å². The van der Waals surface area contributed by atoms with Crippen LogP contribution in [-0.4, -0.2) is 41.1 Å². The quantitative estimate of drug-likeness (QED) is 0.251. The molecule has 1 aliphatic rings. The number of hydrogen-bond donors (Lipinski definition) is 4. The number of allylic oxidation sites excluding steroid dienone is 1. The molecule has 202 valence electrons. The minimum absolute atomic E-state index is 0.0943. The zero-order chi connectivity index (χ0) is 28.2. The van der Waals surface area contributed by atoms with Crippen LogP contribution in [0.2, 0.25) is 0 Å². The summed E-state index contributed by atoms with van der Waals surface area (Å²) in [5.41, 5.74) is -2.31. The van der Waals surface area contributed by atoms with Gasteiger partial charge in [-0.2, -0.15) is 13.2 Å².